The minimum atomic E-state index is -0.441. The van der Waals surface area contributed by atoms with E-state index < -0.39 is 5.63 Å². The van der Waals surface area contributed by atoms with Gasteiger partial charge >= 0.3 is 5.63 Å². The molecule has 2 aromatic rings. The highest BCUT2D eigenvalue weighted by Crippen LogP contribution is 2.51. The zero-order chi connectivity index (χ0) is 14.1. The Morgan fingerprint density at radius 3 is 2.30 bits per heavy atom. The summed E-state index contributed by atoms with van der Waals surface area (Å²) in [7, 11) is 3.13. The second-order valence-electron chi connectivity index (χ2n) is 4.47. The molecule has 2 atom stereocenters. The van der Waals surface area contributed by atoms with E-state index in [9.17, 15) is 4.79 Å². The third kappa shape index (κ3) is 2.40. The van der Waals surface area contributed by atoms with E-state index in [1.54, 1.807) is 13.2 Å². The van der Waals surface area contributed by atoms with Crippen molar-refractivity contribution in [3.63, 3.8) is 0 Å². The lowest BCUT2D eigenvalue weighted by atomic mass is 10.1. The first-order valence-corrected chi connectivity index (χ1v) is 6.20. The number of hydrogen-bond acceptors (Lipinski definition) is 5. The number of hydrogen-bond donors (Lipinski definition) is 0. The van der Waals surface area contributed by atoms with Crippen LogP contribution in [-0.4, -0.2) is 14.2 Å². The van der Waals surface area contributed by atoms with Crippen LogP contribution in [-0.2, 0) is 4.74 Å². The Hall–Kier alpha value is -2.27. The van der Waals surface area contributed by atoms with Crippen LogP contribution in [0.3, 0.4) is 0 Å². The lowest BCUT2D eigenvalue weighted by Crippen LogP contribution is -2.00. The van der Waals surface area contributed by atoms with Crippen LogP contribution < -0.4 is 15.1 Å². The summed E-state index contributed by atoms with van der Waals surface area (Å²) in [6, 6.07) is 10.6. The molecule has 0 saturated carbocycles. The number of rotatable bonds is 4. The lowest BCUT2D eigenvalue weighted by Gasteiger charge is -2.01. The monoisotopic (exact) mass is 274 g/mol. The summed E-state index contributed by atoms with van der Waals surface area (Å²) in [6.45, 7) is 0. The van der Waals surface area contributed by atoms with E-state index in [1.807, 2.05) is 24.3 Å². The molecule has 1 aliphatic heterocycles. The van der Waals surface area contributed by atoms with E-state index >= 15 is 0 Å². The fraction of sp³-hybridized carbons (Fsp3) is 0.267. The second kappa shape index (κ2) is 5.02. The van der Waals surface area contributed by atoms with Gasteiger partial charge in [0.25, 0.3) is 0 Å². The molecule has 0 unspecified atom stereocenters. The van der Waals surface area contributed by atoms with Crippen molar-refractivity contribution in [3.05, 3.63) is 58.1 Å². The van der Waals surface area contributed by atoms with Crippen LogP contribution in [0, 0.1) is 0 Å². The van der Waals surface area contributed by atoms with Gasteiger partial charge in [-0.3, -0.25) is 0 Å². The van der Waals surface area contributed by atoms with E-state index in [0.717, 1.165) is 11.3 Å². The molecule has 1 saturated heterocycles. The topological polar surface area (TPSA) is 61.2 Å². The molecule has 1 fully saturated rings. The van der Waals surface area contributed by atoms with Gasteiger partial charge in [0, 0.05) is 6.07 Å². The van der Waals surface area contributed by atoms with E-state index in [4.69, 9.17) is 18.6 Å². The molecule has 20 heavy (non-hydrogen) atoms. The van der Waals surface area contributed by atoms with Gasteiger partial charge in [0.2, 0.25) is 0 Å². The quantitative estimate of drug-likeness (QED) is 0.801. The van der Waals surface area contributed by atoms with Crippen molar-refractivity contribution in [3.8, 4) is 11.5 Å². The Kier molecular flexibility index (Phi) is 3.20. The third-order valence-electron chi connectivity index (χ3n) is 3.22. The second-order valence-corrected chi connectivity index (χ2v) is 4.47. The van der Waals surface area contributed by atoms with Crippen molar-refractivity contribution in [1.29, 1.82) is 0 Å². The van der Waals surface area contributed by atoms with Gasteiger partial charge in [0.15, 0.2) is 0 Å². The maximum absolute atomic E-state index is 11.4. The molecule has 0 spiro atoms. The maximum Gasteiger partial charge on any atom is 0.339 e. The third-order valence-corrected chi connectivity index (χ3v) is 3.22. The molecule has 3 rings (SSSR count). The average Bonchev–Trinajstić information content (AvgIpc) is 3.27. The SMILES string of the molecule is COc1ccc([C@@H]2O[C@H]2c2cc(OC)cc(=O)o2)cc1. The number of benzene rings is 1. The molecule has 1 aromatic heterocycles. The zero-order valence-corrected chi connectivity index (χ0v) is 11.2. The molecule has 0 aliphatic carbocycles. The summed E-state index contributed by atoms with van der Waals surface area (Å²) in [5, 5.41) is 0. The summed E-state index contributed by atoms with van der Waals surface area (Å²) in [4.78, 5) is 11.4. The highest BCUT2D eigenvalue weighted by Gasteiger charge is 2.43. The molecular weight excluding hydrogens is 260 g/mol. The van der Waals surface area contributed by atoms with E-state index in [-0.39, 0.29) is 12.2 Å². The van der Waals surface area contributed by atoms with E-state index in [2.05, 4.69) is 0 Å². The van der Waals surface area contributed by atoms with Gasteiger partial charge in [-0.2, -0.15) is 0 Å². The largest absolute Gasteiger partial charge is 0.497 e. The van der Waals surface area contributed by atoms with Gasteiger partial charge in [-0.05, 0) is 17.7 Å². The first kappa shape index (κ1) is 12.7. The van der Waals surface area contributed by atoms with Crippen molar-refractivity contribution >= 4 is 0 Å². The summed E-state index contributed by atoms with van der Waals surface area (Å²) < 4.78 is 20.9. The van der Waals surface area contributed by atoms with Gasteiger partial charge in [-0.25, -0.2) is 4.79 Å². The maximum atomic E-state index is 11.4. The number of ether oxygens (including phenoxy) is 3. The van der Waals surface area contributed by atoms with E-state index in [0.29, 0.717) is 11.5 Å². The normalized spacial score (nSPS) is 20.5. The predicted octanol–water partition coefficient (Wildman–Crippen LogP) is 2.47. The standard InChI is InChI=1S/C15H14O5/c1-17-10-5-3-9(4-6-10)14-15(20-14)12-7-11(18-2)8-13(16)19-12/h3-8,14-15H,1-2H3/t14-,15-/m0/s1. The highest BCUT2D eigenvalue weighted by atomic mass is 16.6. The smallest absolute Gasteiger partial charge is 0.339 e. The molecule has 0 N–H and O–H groups in total. The highest BCUT2D eigenvalue weighted by molar-refractivity contribution is 5.33. The van der Waals surface area contributed by atoms with Crippen LogP contribution >= 0.6 is 0 Å². The van der Waals surface area contributed by atoms with Gasteiger partial charge in [-0.1, -0.05) is 12.1 Å². The minimum absolute atomic E-state index is 0.101. The molecule has 2 heterocycles. The van der Waals surface area contributed by atoms with Crippen molar-refractivity contribution in [1.82, 2.24) is 0 Å². The molecule has 104 valence electrons. The molecular formula is C15H14O5. The summed E-state index contributed by atoms with van der Waals surface area (Å²) in [5.41, 5.74) is 0.574. The Bertz CT molecular complexity index is 659. The zero-order valence-electron chi connectivity index (χ0n) is 11.2. The van der Waals surface area contributed by atoms with Crippen molar-refractivity contribution in [2.45, 2.75) is 12.2 Å². The molecule has 1 aliphatic rings. The van der Waals surface area contributed by atoms with Crippen molar-refractivity contribution in [2.24, 2.45) is 0 Å². The van der Waals surface area contributed by atoms with Crippen LogP contribution in [0.2, 0.25) is 0 Å². The Morgan fingerprint density at radius 2 is 1.65 bits per heavy atom. The fourth-order valence-corrected chi connectivity index (χ4v) is 2.11. The molecule has 5 nitrogen and oxygen atoms in total. The van der Waals surface area contributed by atoms with Crippen molar-refractivity contribution < 1.29 is 18.6 Å². The van der Waals surface area contributed by atoms with Crippen LogP contribution in [0.25, 0.3) is 0 Å². The van der Waals surface area contributed by atoms with Crippen LogP contribution in [0.4, 0.5) is 0 Å². The Labute approximate surface area is 115 Å². The summed E-state index contributed by atoms with van der Waals surface area (Å²) >= 11 is 0. The minimum Gasteiger partial charge on any atom is -0.497 e. The molecule has 0 amide bonds. The molecule has 0 radical (unpaired) electrons. The average molecular weight is 274 g/mol. The molecule has 5 heteroatoms. The van der Waals surface area contributed by atoms with E-state index in [1.165, 1.54) is 13.2 Å². The summed E-state index contributed by atoms with van der Waals surface area (Å²) in [6.07, 6.45) is -0.345. The van der Waals surface area contributed by atoms with Gasteiger partial charge in [0.05, 0.1) is 20.3 Å². The lowest BCUT2D eigenvalue weighted by molar-refractivity contribution is 0.332. The van der Waals surface area contributed by atoms with Crippen LogP contribution in [0.15, 0.2) is 45.6 Å². The van der Waals surface area contributed by atoms with Gasteiger partial charge < -0.3 is 18.6 Å². The molecule has 0 bridgehead atoms. The molecule has 1 aromatic carbocycles. The van der Waals surface area contributed by atoms with Gasteiger partial charge in [-0.15, -0.1) is 0 Å². The first-order chi connectivity index (χ1) is 9.71. The fourth-order valence-electron chi connectivity index (χ4n) is 2.11. The first-order valence-electron chi connectivity index (χ1n) is 6.20. The number of epoxide rings is 1. The van der Waals surface area contributed by atoms with Crippen LogP contribution in [0.1, 0.15) is 23.5 Å². The Morgan fingerprint density at radius 1 is 0.950 bits per heavy atom. The van der Waals surface area contributed by atoms with Crippen LogP contribution in [0.5, 0.6) is 11.5 Å². The predicted molar refractivity (Wildman–Crippen MR) is 71.1 cm³/mol. The Balaban J connectivity index is 1.81. The number of methoxy groups -OCH3 is 2. The van der Waals surface area contributed by atoms with Gasteiger partial charge in [0.1, 0.15) is 29.5 Å². The summed E-state index contributed by atoms with van der Waals surface area (Å²) in [5.74, 6) is 1.74. The van der Waals surface area contributed by atoms with Crippen molar-refractivity contribution in [2.75, 3.05) is 14.2 Å².